The van der Waals surface area contributed by atoms with E-state index in [1.165, 1.54) is 6.08 Å². The topological polar surface area (TPSA) is 43.1 Å². The fraction of sp³-hybridized carbons (Fsp3) is 0. The molecule has 1 amide bonds. The number of carbonyl (C=O) groups is 1. The summed E-state index contributed by atoms with van der Waals surface area (Å²) in [6.45, 7) is 0. The average Bonchev–Trinajstić information content (AvgIpc) is 2.03. The van der Waals surface area contributed by atoms with E-state index in [0.29, 0.717) is 5.02 Å². The Morgan fingerprint density at radius 1 is 1.33 bits per heavy atom. The van der Waals surface area contributed by atoms with Gasteiger partial charge >= 0.3 is 0 Å². The number of amides is 1. The Morgan fingerprint density at radius 2 is 1.92 bits per heavy atom. The molecule has 0 spiro atoms. The van der Waals surface area contributed by atoms with Crippen LogP contribution in [0.4, 0.5) is 0 Å². The third kappa shape index (κ3) is 2.76. The summed E-state index contributed by atoms with van der Waals surface area (Å²) in [5.41, 5.74) is 5.82. The number of hydrogen-bond acceptors (Lipinski definition) is 1. The van der Waals surface area contributed by atoms with Crippen LogP contribution in [0.5, 0.6) is 0 Å². The van der Waals surface area contributed by atoms with Gasteiger partial charge in [-0.25, -0.2) is 0 Å². The highest BCUT2D eigenvalue weighted by Crippen LogP contribution is 2.10. The van der Waals surface area contributed by atoms with Crippen LogP contribution in [-0.4, -0.2) is 5.91 Å². The van der Waals surface area contributed by atoms with Gasteiger partial charge in [-0.3, -0.25) is 4.79 Å². The van der Waals surface area contributed by atoms with Crippen molar-refractivity contribution in [1.29, 1.82) is 0 Å². The molecule has 0 radical (unpaired) electrons. The molecule has 0 saturated carbocycles. The van der Waals surface area contributed by atoms with E-state index < -0.39 is 5.91 Å². The van der Waals surface area contributed by atoms with Gasteiger partial charge in [0.1, 0.15) is 0 Å². The summed E-state index contributed by atoms with van der Waals surface area (Å²) in [6.07, 6.45) is 2.95. The van der Waals surface area contributed by atoms with Gasteiger partial charge in [-0.15, -0.1) is 0 Å². The van der Waals surface area contributed by atoms with E-state index in [4.69, 9.17) is 17.3 Å². The number of primary amides is 1. The highest BCUT2D eigenvalue weighted by atomic mass is 35.5. The highest BCUT2D eigenvalue weighted by Gasteiger charge is 1.88. The summed E-state index contributed by atoms with van der Waals surface area (Å²) >= 11 is 5.66. The number of nitrogens with two attached hydrogens (primary N) is 1. The molecule has 0 heterocycles. The Labute approximate surface area is 75.6 Å². The lowest BCUT2D eigenvalue weighted by atomic mass is 10.2. The standard InChI is InChI=1S/C9H8ClNO/c10-8-4-1-7(2-5-8)3-6-9(11)12/h1-6H,(H2,11,12)/b6-3-. The van der Waals surface area contributed by atoms with Crippen molar-refractivity contribution in [3.8, 4) is 0 Å². The fourth-order valence-corrected chi connectivity index (χ4v) is 0.878. The largest absolute Gasteiger partial charge is 0.366 e. The first-order valence-corrected chi connectivity index (χ1v) is 3.79. The van der Waals surface area contributed by atoms with Gasteiger partial charge in [0.05, 0.1) is 0 Å². The minimum absolute atomic E-state index is 0.454. The van der Waals surface area contributed by atoms with Gasteiger partial charge in [-0.05, 0) is 23.8 Å². The molecule has 12 heavy (non-hydrogen) atoms. The quantitative estimate of drug-likeness (QED) is 0.696. The van der Waals surface area contributed by atoms with Gasteiger partial charge in [0, 0.05) is 11.1 Å². The summed E-state index contributed by atoms with van der Waals surface area (Å²) in [5, 5.41) is 0.672. The zero-order chi connectivity index (χ0) is 8.97. The van der Waals surface area contributed by atoms with Crippen molar-refractivity contribution in [3.05, 3.63) is 40.9 Å². The first-order chi connectivity index (χ1) is 5.68. The first kappa shape index (κ1) is 8.81. The van der Waals surface area contributed by atoms with E-state index in [2.05, 4.69) is 0 Å². The molecule has 1 aromatic carbocycles. The summed E-state index contributed by atoms with van der Waals surface area (Å²) in [6, 6.07) is 7.12. The van der Waals surface area contributed by atoms with Gasteiger partial charge in [0.2, 0.25) is 5.91 Å². The lowest BCUT2D eigenvalue weighted by Crippen LogP contribution is -2.04. The zero-order valence-electron chi connectivity index (χ0n) is 6.33. The van der Waals surface area contributed by atoms with Crippen LogP contribution >= 0.6 is 11.6 Å². The predicted octanol–water partition coefficient (Wildman–Crippen LogP) is 1.84. The molecule has 0 aliphatic carbocycles. The van der Waals surface area contributed by atoms with Crippen LogP contribution in [0.25, 0.3) is 6.08 Å². The average molecular weight is 182 g/mol. The minimum atomic E-state index is -0.454. The van der Waals surface area contributed by atoms with Gasteiger partial charge in [0.25, 0.3) is 0 Å². The normalized spacial score (nSPS) is 10.4. The van der Waals surface area contributed by atoms with E-state index in [9.17, 15) is 4.79 Å². The Bertz CT molecular complexity index is 303. The van der Waals surface area contributed by atoms with Gasteiger partial charge in [-0.2, -0.15) is 0 Å². The third-order valence-electron chi connectivity index (χ3n) is 1.31. The van der Waals surface area contributed by atoms with Gasteiger partial charge < -0.3 is 5.73 Å². The minimum Gasteiger partial charge on any atom is -0.366 e. The molecule has 0 aliphatic heterocycles. The van der Waals surface area contributed by atoms with Gasteiger partial charge in [-0.1, -0.05) is 23.7 Å². The van der Waals surface area contributed by atoms with Gasteiger partial charge in [0.15, 0.2) is 0 Å². The lowest BCUT2D eigenvalue weighted by molar-refractivity contribution is -0.113. The van der Waals surface area contributed by atoms with Crippen molar-refractivity contribution in [2.45, 2.75) is 0 Å². The van der Waals surface area contributed by atoms with E-state index in [1.807, 2.05) is 12.1 Å². The van der Waals surface area contributed by atoms with Crippen molar-refractivity contribution in [3.63, 3.8) is 0 Å². The maximum Gasteiger partial charge on any atom is 0.241 e. The van der Waals surface area contributed by atoms with Crippen LogP contribution in [0.3, 0.4) is 0 Å². The second kappa shape index (κ2) is 3.93. The number of carbonyl (C=O) groups excluding carboxylic acids is 1. The maximum absolute atomic E-state index is 10.3. The van der Waals surface area contributed by atoms with Crippen molar-refractivity contribution in [2.75, 3.05) is 0 Å². The molecule has 2 nitrogen and oxygen atoms in total. The lowest BCUT2D eigenvalue weighted by Gasteiger charge is -1.91. The fourth-order valence-electron chi connectivity index (χ4n) is 0.752. The van der Waals surface area contributed by atoms with Crippen LogP contribution in [0, 0.1) is 0 Å². The second-order valence-electron chi connectivity index (χ2n) is 2.29. The number of halogens is 1. The Hall–Kier alpha value is -1.28. The molecule has 62 valence electrons. The monoisotopic (exact) mass is 181 g/mol. The molecule has 0 unspecified atom stereocenters. The Balaban J connectivity index is 2.77. The predicted molar refractivity (Wildman–Crippen MR) is 49.7 cm³/mol. The molecule has 0 atom stereocenters. The van der Waals surface area contributed by atoms with Crippen LogP contribution < -0.4 is 5.73 Å². The zero-order valence-corrected chi connectivity index (χ0v) is 7.08. The molecule has 1 aromatic rings. The number of hydrogen-bond donors (Lipinski definition) is 1. The SMILES string of the molecule is NC(=O)/C=C\c1ccc(Cl)cc1. The van der Waals surface area contributed by atoms with Crippen LogP contribution in [0.2, 0.25) is 5.02 Å². The summed E-state index contributed by atoms with van der Waals surface area (Å²) < 4.78 is 0. The molecule has 0 aromatic heterocycles. The first-order valence-electron chi connectivity index (χ1n) is 3.41. The molecular weight excluding hydrogens is 174 g/mol. The highest BCUT2D eigenvalue weighted by molar-refractivity contribution is 6.30. The van der Waals surface area contributed by atoms with Crippen LogP contribution in [-0.2, 0) is 4.79 Å². The Kier molecular flexibility index (Phi) is 2.88. The molecule has 0 bridgehead atoms. The number of benzene rings is 1. The number of rotatable bonds is 2. The van der Waals surface area contributed by atoms with Crippen molar-refractivity contribution < 1.29 is 4.79 Å². The molecule has 1 rings (SSSR count). The van der Waals surface area contributed by atoms with E-state index in [0.717, 1.165) is 5.56 Å². The van der Waals surface area contributed by atoms with Crippen LogP contribution in [0.1, 0.15) is 5.56 Å². The maximum atomic E-state index is 10.3. The van der Waals surface area contributed by atoms with E-state index in [1.54, 1.807) is 18.2 Å². The second-order valence-corrected chi connectivity index (χ2v) is 2.72. The third-order valence-corrected chi connectivity index (χ3v) is 1.56. The summed E-state index contributed by atoms with van der Waals surface area (Å²) in [5.74, 6) is -0.454. The molecule has 3 heteroatoms. The summed E-state index contributed by atoms with van der Waals surface area (Å²) in [7, 11) is 0. The van der Waals surface area contributed by atoms with E-state index in [-0.39, 0.29) is 0 Å². The van der Waals surface area contributed by atoms with Crippen molar-refractivity contribution >= 4 is 23.6 Å². The Morgan fingerprint density at radius 3 is 2.42 bits per heavy atom. The molecule has 2 N–H and O–H groups in total. The van der Waals surface area contributed by atoms with Crippen molar-refractivity contribution in [1.82, 2.24) is 0 Å². The molecular formula is C9H8ClNO. The summed E-state index contributed by atoms with van der Waals surface area (Å²) in [4.78, 5) is 10.3. The molecule has 0 aliphatic rings. The van der Waals surface area contributed by atoms with Crippen LogP contribution in [0.15, 0.2) is 30.3 Å². The van der Waals surface area contributed by atoms with E-state index >= 15 is 0 Å². The van der Waals surface area contributed by atoms with Crippen molar-refractivity contribution in [2.24, 2.45) is 5.73 Å². The smallest absolute Gasteiger partial charge is 0.241 e. The molecule has 0 saturated heterocycles. The molecule has 0 fully saturated rings.